The number of aryl methyl sites for hydroxylation is 2. The van der Waals surface area contributed by atoms with Gasteiger partial charge in [0.1, 0.15) is 5.75 Å². The maximum absolute atomic E-state index is 12.9. The average Bonchev–Trinajstić information content (AvgIpc) is 3.34. The van der Waals surface area contributed by atoms with Crippen LogP contribution in [0.5, 0.6) is 5.75 Å². The molecule has 5 nitrogen and oxygen atoms in total. The highest BCUT2D eigenvalue weighted by atomic mass is 32.2. The molecular weight excluding hydrogens is 350 g/mol. The minimum atomic E-state index is -3.01. The Hall–Kier alpha value is -1.56. The number of carbonyl (C=O) groups excluding carboxylic acids is 1. The zero-order valence-electron chi connectivity index (χ0n) is 15.2. The largest absolute Gasteiger partial charge is 0.484 e. The fourth-order valence-corrected chi connectivity index (χ4v) is 6.45. The van der Waals surface area contributed by atoms with Crippen molar-refractivity contribution in [3.8, 4) is 5.75 Å². The van der Waals surface area contributed by atoms with Gasteiger partial charge in [-0.3, -0.25) is 4.79 Å². The quantitative estimate of drug-likeness (QED) is 0.791. The monoisotopic (exact) mass is 377 g/mol. The van der Waals surface area contributed by atoms with Gasteiger partial charge in [-0.25, -0.2) is 8.42 Å². The molecule has 0 radical (unpaired) electrons. The Balaban J connectivity index is 1.44. The number of amides is 1. The first-order chi connectivity index (χ1) is 12.5. The minimum absolute atomic E-state index is 0.00810. The van der Waals surface area contributed by atoms with Crippen LogP contribution in [0.25, 0.3) is 0 Å². The molecule has 1 atom stereocenters. The van der Waals surface area contributed by atoms with Crippen LogP contribution in [0.4, 0.5) is 0 Å². The van der Waals surface area contributed by atoms with E-state index in [4.69, 9.17) is 4.74 Å². The predicted octanol–water partition coefficient (Wildman–Crippen LogP) is 2.51. The maximum Gasteiger partial charge on any atom is 0.261 e. The smallest absolute Gasteiger partial charge is 0.261 e. The fraction of sp³-hybridized carbons (Fsp3) is 0.650. The topological polar surface area (TPSA) is 63.7 Å². The van der Waals surface area contributed by atoms with Gasteiger partial charge in [0.2, 0.25) is 0 Å². The average molecular weight is 378 g/mol. The van der Waals surface area contributed by atoms with Crippen molar-refractivity contribution in [2.75, 3.05) is 18.1 Å². The molecule has 2 aliphatic carbocycles. The van der Waals surface area contributed by atoms with Gasteiger partial charge in [0.15, 0.2) is 16.4 Å². The Morgan fingerprint density at radius 1 is 1.04 bits per heavy atom. The second-order valence-corrected chi connectivity index (χ2v) is 10.1. The molecule has 0 bridgehead atoms. The van der Waals surface area contributed by atoms with E-state index < -0.39 is 9.84 Å². The molecule has 26 heavy (non-hydrogen) atoms. The van der Waals surface area contributed by atoms with Crippen molar-refractivity contribution in [1.29, 1.82) is 0 Å². The summed E-state index contributed by atoms with van der Waals surface area (Å²) in [4.78, 5) is 14.8. The number of fused-ring (bicyclic) bond motifs is 1. The van der Waals surface area contributed by atoms with Crippen LogP contribution in [-0.4, -0.2) is 49.4 Å². The van der Waals surface area contributed by atoms with Crippen LogP contribution >= 0.6 is 0 Å². The van der Waals surface area contributed by atoms with Crippen molar-refractivity contribution in [3.63, 3.8) is 0 Å². The van der Waals surface area contributed by atoms with Crippen LogP contribution in [0.15, 0.2) is 18.2 Å². The number of nitrogens with zero attached hydrogens (tertiary/aromatic N) is 1. The van der Waals surface area contributed by atoms with Crippen molar-refractivity contribution in [3.05, 3.63) is 29.3 Å². The van der Waals surface area contributed by atoms with Crippen LogP contribution in [0.2, 0.25) is 0 Å². The highest BCUT2D eigenvalue weighted by Gasteiger charge is 2.39. The number of benzene rings is 1. The first-order valence-corrected chi connectivity index (χ1v) is 11.6. The zero-order chi connectivity index (χ0) is 18.1. The first kappa shape index (κ1) is 17.8. The van der Waals surface area contributed by atoms with Gasteiger partial charge in [0, 0.05) is 12.1 Å². The van der Waals surface area contributed by atoms with E-state index in [-0.39, 0.29) is 36.1 Å². The summed E-state index contributed by atoms with van der Waals surface area (Å²) in [5.74, 6) is 0.970. The molecule has 0 N–H and O–H groups in total. The molecule has 0 aromatic heterocycles. The number of rotatable bonds is 5. The molecule has 3 aliphatic rings. The molecule has 1 saturated heterocycles. The summed E-state index contributed by atoms with van der Waals surface area (Å²) in [5, 5.41) is 0. The molecule has 142 valence electrons. The molecule has 1 aromatic carbocycles. The van der Waals surface area contributed by atoms with E-state index in [0.717, 1.165) is 44.3 Å². The Bertz CT molecular complexity index is 783. The normalized spacial score (nSPS) is 24.5. The predicted molar refractivity (Wildman–Crippen MR) is 100 cm³/mol. The SMILES string of the molecule is O=C(COc1ccc2c(c1)CCC2)N(C1CCCC1)[C@@H]1CCS(=O)(=O)C1. The highest BCUT2D eigenvalue weighted by molar-refractivity contribution is 7.91. The minimum Gasteiger partial charge on any atom is -0.484 e. The van der Waals surface area contributed by atoms with Crippen LogP contribution in [0, 0.1) is 0 Å². The van der Waals surface area contributed by atoms with Crippen LogP contribution in [0.1, 0.15) is 49.7 Å². The van der Waals surface area contributed by atoms with Crippen molar-refractivity contribution >= 4 is 15.7 Å². The summed E-state index contributed by atoms with van der Waals surface area (Å²) >= 11 is 0. The fourth-order valence-electron chi connectivity index (χ4n) is 4.74. The molecule has 1 saturated carbocycles. The van der Waals surface area contributed by atoms with E-state index in [2.05, 4.69) is 12.1 Å². The molecule has 1 aromatic rings. The number of carbonyl (C=O) groups is 1. The van der Waals surface area contributed by atoms with Crippen LogP contribution in [0.3, 0.4) is 0 Å². The van der Waals surface area contributed by atoms with Gasteiger partial charge in [0.05, 0.1) is 11.5 Å². The molecule has 0 spiro atoms. The van der Waals surface area contributed by atoms with Gasteiger partial charge < -0.3 is 9.64 Å². The summed E-state index contributed by atoms with van der Waals surface area (Å²) in [6, 6.07) is 6.08. The van der Waals surface area contributed by atoms with E-state index in [1.807, 2.05) is 11.0 Å². The van der Waals surface area contributed by atoms with Gasteiger partial charge in [0.25, 0.3) is 5.91 Å². The lowest BCUT2D eigenvalue weighted by atomic mass is 10.1. The van der Waals surface area contributed by atoms with Gasteiger partial charge in [-0.2, -0.15) is 0 Å². The summed E-state index contributed by atoms with van der Waals surface area (Å²) < 4.78 is 29.6. The molecule has 4 rings (SSSR count). The summed E-state index contributed by atoms with van der Waals surface area (Å²) in [5.41, 5.74) is 2.71. The molecule has 1 heterocycles. The van der Waals surface area contributed by atoms with E-state index >= 15 is 0 Å². The van der Waals surface area contributed by atoms with Crippen molar-refractivity contribution in [2.45, 2.75) is 63.5 Å². The van der Waals surface area contributed by atoms with Crippen molar-refractivity contribution in [1.82, 2.24) is 4.90 Å². The Labute approximate surface area is 155 Å². The third-order valence-corrected chi connectivity index (χ3v) is 7.79. The summed E-state index contributed by atoms with van der Waals surface area (Å²) in [6.45, 7) is -0.00810. The molecule has 1 amide bonds. The number of hydrogen-bond acceptors (Lipinski definition) is 4. The third-order valence-electron chi connectivity index (χ3n) is 6.04. The zero-order valence-corrected chi connectivity index (χ0v) is 16.0. The number of hydrogen-bond donors (Lipinski definition) is 0. The molecule has 1 aliphatic heterocycles. The summed E-state index contributed by atoms with van der Waals surface area (Å²) in [7, 11) is -3.01. The van der Waals surface area contributed by atoms with Crippen LogP contribution in [-0.2, 0) is 27.5 Å². The second kappa shape index (κ2) is 7.22. The van der Waals surface area contributed by atoms with Crippen LogP contribution < -0.4 is 4.74 Å². The Kier molecular flexibility index (Phi) is 4.95. The van der Waals surface area contributed by atoms with Crippen molar-refractivity contribution < 1.29 is 17.9 Å². The lowest BCUT2D eigenvalue weighted by Gasteiger charge is -2.34. The van der Waals surface area contributed by atoms with Gasteiger partial charge in [-0.1, -0.05) is 18.9 Å². The molecular formula is C20H27NO4S. The Morgan fingerprint density at radius 2 is 1.81 bits per heavy atom. The van der Waals surface area contributed by atoms with Gasteiger partial charge >= 0.3 is 0 Å². The van der Waals surface area contributed by atoms with Gasteiger partial charge in [-0.15, -0.1) is 0 Å². The van der Waals surface area contributed by atoms with Crippen molar-refractivity contribution in [2.24, 2.45) is 0 Å². The lowest BCUT2D eigenvalue weighted by molar-refractivity contribution is -0.137. The molecule has 6 heteroatoms. The number of ether oxygens (including phenoxy) is 1. The molecule has 2 fully saturated rings. The Morgan fingerprint density at radius 3 is 2.54 bits per heavy atom. The van der Waals surface area contributed by atoms with Gasteiger partial charge in [-0.05, 0) is 61.8 Å². The number of sulfone groups is 1. The van der Waals surface area contributed by atoms with E-state index in [0.29, 0.717) is 6.42 Å². The lowest BCUT2D eigenvalue weighted by Crippen LogP contribution is -2.48. The third kappa shape index (κ3) is 3.75. The standard InChI is InChI=1S/C20H27NO4S/c22-20(13-25-19-9-8-15-4-3-5-16(15)12-19)21(17-6-1-2-7-17)18-10-11-26(23,24)14-18/h8-9,12,17-18H,1-7,10-11,13-14H2/t18-/m1/s1. The highest BCUT2D eigenvalue weighted by Crippen LogP contribution is 2.30. The van der Waals surface area contributed by atoms with E-state index in [1.54, 1.807) is 0 Å². The maximum atomic E-state index is 12.9. The van der Waals surface area contributed by atoms with E-state index in [1.165, 1.54) is 17.5 Å². The van der Waals surface area contributed by atoms with E-state index in [9.17, 15) is 13.2 Å². The molecule has 0 unspecified atom stereocenters. The second-order valence-electron chi connectivity index (χ2n) is 7.87. The first-order valence-electron chi connectivity index (χ1n) is 9.78. The summed E-state index contributed by atoms with van der Waals surface area (Å²) in [6.07, 6.45) is 8.11.